The van der Waals surface area contributed by atoms with Crippen molar-refractivity contribution >= 4 is 151 Å². The van der Waals surface area contributed by atoms with Gasteiger partial charge in [-0.15, -0.1) is 0 Å². The smallest absolute Gasteiger partial charge is 0.236 e. The van der Waals surface area contributed by atoms with E-state index in [9.17, 15) is 9.59 Å². The number of benzene rings is 4. The number of nitrogens with zero attached hydrogens (tertiary/aromatic N) is 19. The van der Waals surface area contributed by atoms with E-state index in [4.69, 9.17) is 61.2 Å². The molecule has 0 bridgehead atoms. The zero-order valence-corrected chi connectivity index (χ0v) is 86.3. The summed E-state index contributed by atoms with van der Waals surface area (Å²) >= 11 is 25.1. The molecule has 4 aliphatic rings. The van der Waals surface area contributed by atoms with Crippen LogP contribution in [0.5, 0.6) is 0 Å². The molecule has 4 saturated heterocycles. The highest BCUT2D eigenvalue weighted by Crippen LogP contribution is 2.42. The number of H-pyrrole nitrogens is 4. The lowest BCUT2D eigenvalue weighted by molar-refractivity contribution is -0.133. The molecule has 0 radical (unpaired) electrons. The van der Waals surface area contributed by atoms with Gasteiger partial charge in [-0.25, -0.2) is 24.3 Å². The number of hydrogen-bond donors (Lipinski definition) is 13. The first-order valence-electron chi connectivity index (χ1n) is 47.7. The second kappa shape index (κ2) is 46.6. The lowest BCUT2D eigenvalue weighted by Gasteiger charge is -2.36. The number of nitrogens with two attached hydrogens (primary N) is 1. The molecular weight excluding hydrogens is 1890 g/mol. The predicted molar refractivity (Wildman–Crippen MR) is 558 cm³/mol. The normalized spacial score (nSPS) is 15.5. The Morgan fingerprint density at radius 2 is 0.768 bits per heavy atom. The van der Waals surface area contributed by atoms with Crippen LogP contribution in [0.1, 0.15) is 200 Å². The number of carbonyl (C=O) groups is 2. The van der Waals surface area contributed by atoms with Gasteiger partial charge >= 0.3 is 0 Å². The number of rotatable bonds is 28. The maximum Gasteiger partial charge on any atom is 0.236 e. The van der Waals surface area contributed by atoms with E-state index in [0.29, 0.717) is 114 Å². The van der Waals surface area contributed by atoms with Gasteiger partial charge in [0.05, 0.1) is 55.0 Å². The minimum Gasteiger partial charge on any atom is -0.369 e. The lowest BCUT2D eigenvalue weighted by atomic mass is 9.85. The summed E-state index contributed by atoms with van der Waals surface area (Å²) in [5.74, 6) is 8.47. The van der Waals surface area contributed by atoms with Crippen LogP contribution in [0.2, 0.25) is 20.1 Å². The van der Waals surface area contributed by atoms with Gasteiger partial charge in [-0.3, -0.25) is 44.7 Å². The number of aromatic amines is 4. The van der Waals surface area contributed by atoms with Crippen molar-refractivity contribution in [2.45, 2.75) is 199 Å². The Bertz CT molecular complexity index is 6520. The van der Waals surface area contributed by atoms with Crippen LogP contribution in [-0.4, -0.2) is 200 Å². The summed E-state index contributed by atoms with van der Waals surface area (Å²) in [5.41, 5.74) is 29.7. The molecule has 748 valence electrons. The van der Waals surface area contributed by atoms with Gasteiger partial charge in [0.2, 0.25) is 35.6 Å². The van der Waals surface area contributed by atoms with Crippen LogP contribution < -0.4 is 48.3 Å². The van der Waals surface area contributed by atoms with Crippen LogP contribution in [0, 0.1) is 110 Å². The number of primary amides is 1. The Kier molecular flexibility index (Phi) is 33.9. The van der Waals surface area contributed by atoms with Crippen LogP contribution in [0.4, 0.5) is 97.5 Å². The molecule has 2 unspecified atom stereocenters. The summed E-state index contributed by atoms with van der Waals surface area (Å²) in [6.45, 7) is 39.3. The van der Waals surface area contributed by atoms with Crippen LogP contribution in [-0.2, 0) is 22.7 Å². The zero-order chi connectivity index (χ0) is 101. The van der Waals surface area contributed by atoms with Crippen LogP contribution in [0.3, 0.4) is 0 Å². The van der Waals surface area contributed by atoms with Crippen molar-refractivity contribution in [3.8, 4) is 0 Å². The minimum atomic E-state index is -0.338. The van der Waals surface area contributed by atoms with Gasteiger partial charge in [0, 0.05) is 113 Å². The van der Waals surface area contributed by atoms with Crippen LogP contribution >= 0.6 is 46.4 Å². The number of aromatic nitrogens is 18. The maximum absolute atomic E-state index is 15.2. The Balaban J connectivity index is 0.000000143. The highest BCUT2D eigenvalue weighted by Gasteiger charge is 2.32. The zero-order valence-electron chi connectivity index (χ0n) is 83.3. The fourth-order valence-corrected chi connectivity index (χ4v) is 19.2. The molecule has 36 nitrogen and oxygen atoms in total. The lowest BCUT2D eigenvalue weighted by Crippen LogP contribution is -2.43. The molecule has 14 N–H and O–H groups in total. The SMILES string of the molecule is Cc1cc(Nc2nc(Nc3cc(C)c(C4CCCCN4CC(N)=O)cc3C)ncc2Cl)n[nH]1.Cc1cc(Nc2nc(Nc3cc(C)c(C4CCCN(C(=O)CN(C)C)C4)cc3C)ncc2Cl)n[nH]1.Cc1cc(Nc2nc(Nc3cc(C)c(C4CCN(Cc5c(C)noc5C)CC4)cc3C)ncc2Cl)n[nH]1.Cc1cc(Nc2nc(Nc3cc(C)c(C4CCN(Cc5c(C)noc5C)CC4)cc3F)ncc2Cl)n[nH]1. The molecule has 0 spiro atoms. The van der Waals surface area contributed by atoms with Crippen molar-refractivity contribution in [1.82, 2.24) is 115 Å². The number of carbonyl (C=O) groups excluding carboxylic acids is 2. The first-order valence-corrected chi connectivity index (χ1v) is 49.2. The third-order valence-electron chi connectivity index (χ3n) is 26.1. The number of halogens is 5. The monoisotopic (exact) mass is 2010 g/mol. The van der Waals surface area contributed by atoms with E-state index in [2.05, 4.69) is 219 Å². The molecule has 4 aromatic carbocycles. The predicted octanol–water partition coefficient (Wildman–Crippen LogP) is 21.1. The molecule has 14 heterocycles. The molecule has 10 aromatic heterocycles. The number of aryl methyl sites for hydroxylation is 15. The first kappa shape index (κ1) is 103. The largest absolute Gasteiger partial charge is 0.369 e. The topological polar surface area (TPSA) is 442 Å². The number of piperidine rings is 4. The van der Waals surface area contributed by atoms with Crippen molar-refractivity contribution in [3.63, 3.8) is 0 Å². The number of likely N-dealkylation sites (tertiary alicyclic amines) is 4. The molecule has 142 heavy (non-hydrogen) atoms. The molecule has 2 atom stereocenters. The number of nitrogens with one attached hydrogen (secondary N) is 12. The van der Waals surface area contributed by atoms with Gasteiger partial charge in [0.25, 0.3) is 0 Å². The number of hydrogen-bond acceptors (Lipinski definition) is 30. The Labute approximate surface area is 845 Å². The summed E-state index contributed by atoms with van der Waals surface area (Å²) in [6, 6.07) is 24.3. The van der Waals surface area contributed by atoms with Crippen LogP contribution in [0.25, 0.3) is 0 Å². The molecule has 2 amide bonds. The molecule has 0 saturated carbocycles. The standard InChI is InChI=1S/C27H33ClN8O.C26H30ClFN8O.C25H33ClN8O.C23H29ClN8O/c1-15-11-24(30-27-29-13-23(28)26(32-27)31-25-12-17(3)33-34-25)16(2)10-21(15)20-6-8-36(9-7-20)14-22-18(4)35-37-19(22)5;1-14-9-23(30-26-29-12-21(27)25(32-26)31-24-10-15(2)33-34-24)22(28)11-19(14)18-5-7-36(8-6-18)13-20-16(3)35-37-17(20)4;1-15-10-21(28-25-27-12-20(26)24(30-25)29-22-11-17(3)31-32-22)16(2)9-19(15)18-7-6-8-34(13-18)23(35)14-33(4)5;1-13-9-18(14(2)8-16(13)19-6-4-5-7-32(19)12-20(25)33)27-23-26-11-17(24)22(29-23)28-21-10-15(3)30-31-21/h10-13,20H,6-9,14H2,1-5H3,(H3,29,30,31,32,33,34);9-12,18H,5-8,13H2,1-4H3,(H3,29,30,31,32,33,34);9-12,18H,6-8,13-14H2,1-5H3,(H3,27,28,29,30,31,32);8-11,19H,4-7,12H2,1-3H3,(H2,25,33)(H3,26,27,28,29,30,31). The van der Waals surface area contributed by atoms with E-state index in [-0.39, 0.29) is 36.2 Å². The van der Waals surface area contributed by atoms with Crippen molar-refractivity contribution in [1.29, 1.82) is 0 Å². The molecule has 0 aliphatic carbocycles. The Morgan fingerprint density at radius 1 is 0.415 bits per heavy atom. The molecule has 4 aliphatic heterocycles. The summed E-state index contributed by atoms with van der Waals surface area (Å²) in [4.78, 5) is 70.5. The minimum absolute atomic E-state index is 0.193. The average Bonchev–Trinajstić information content (AvgIpc) is 1.18. The molecule has 14 aromatic rings. The average molecular weight is 2010 g/mol. The van der Waals surface area contributed by atoms with E-state index >= 15 is 4.39 Å². The third kappa shape index (κ3) is 26.7. The maximum atomic E-state index is 15.2. The van der Waals surface area contributed by atoms with Crippen molar-refractivity contribution in [3.05, 3.63) is 242 Å². The molecule has 41 heteroatoms. The van der Waals surface area contributed by atoms with E-state index in [1.54, 1.807) is 24.7 Å². The van der Waals surface area contributed by atoms with E-state index in [1.165, 1.54) is 45.1 Å². The second-order valence-corrected chi connectivity index (χ2v) is 39.3. The van der Waals surface area contributed by atoms with Gasteiger partial charge in [-0.2, -0.15) is 40.3 Å². The Morgan fingerprint density at radius 3 is 1.12 bits per heavy atom. The highest BCUT2D eigenvalue weighted by molar-refractivity contribution is 6.34. The fourth-order valence-electron chi connectivity index (χ4n) is 18.6. The van der Waals surface area contributed by atoms with Crippen molar-refractivity contribution < 1.29 is 23.0 Å². The third-order valence-corrected chi connectivity index (χ3v) is 27.3. The number of likely N-dealkylation sites (N-methyl/N-ethyl adjacent to an activating group) is 1. The van der Waals surface area contributed by atoms with E-state index in [0.717, 1.165) is 213 Å². The number of amides is 2. The van der Waals surface area contributed by atoms with Gasteiger partial charge in [0.1, 0.15) is 37.4 Å². The second-order valence-electron chi connectivity index (χ2n) is 37.6. The van der Waals surface area contributed by atoms with Gasteiger partial charge in [-0.1, -0.05) is 81.3 Å². The summed E-state index contributed by atoms with van der Waals surface area (Å²) in [5, 5.41) is 63.3. The van der Waals surface area contributed by atoms with E-state index in [1.807, 2.05) is 123 Å². The first-order chi connectivity index (χ1) is 68.0. The number of anilines is 16. The van der Waals surface area contributed by atoms with Gasteiger partial charge < -0.3 is 67.1 Å². The summed E-state index contributed by atoms with van der Waals surface area (Å²) < 4.78 is 25.9. The van der Waals surface area contributed by atoms with E-state index < -0.39 is 0 Å². The molecular formula is C101H125Cl4FN32O4. The highest BCUT2D eigenvalue weighted by atomic mass is 35.5. The van der Waals surface area contributed by atoms with Gasteiger partial charge in [0.15, 0.2) is 46.5 Å². The Hall–Kier alpha value is -13.3. The summed E-state index contributed by atoms with van der Waals surface area (Å²) in [6.07, 6.45) is 15.7. The summed E-state index contributed by atoms with van der Waals surface area (Å²) in [7, 11) is 3.86. The quantitative estimate of drug-likeness (QED) is 0.0217. The van der Waals surface area contributed by atoms with Crippen LogP contribution in [0.15, 0.2) is 107 Å². The van der Waals surface area contributed by atoms with Crippen molar-refractivity contribution in [2.24, 2.45) is 5.73 Å². The molecule has 4 fully saturated rings. The van der Waals surface area contributed by atoms with Crippen molar-refractivity contribution in [2.75, 3.05) is 116 Å². The van der Waals surface area contributed by atoms with Gasteiger partial charge in [-0.05, 0) is 305 Å². The fraction of sp³-hybridized carbons (Fsp3) is 0.406. The molecule has 18 rings (SSSR count).